The summed E-state index contributed by atoms with van der Waals surface area (Å²) < 4.78 is 13.0. The van der Waals surface area contributed by atoms with Crippen LogP contribution in [-0.2, 0) is 13.1 Å². The SMILES string of the molecule is C=CCN(Cc1csc(-c2ccc(F)cc2)n1)Cc1cccs1. The zero-order valence-electron chi connectivity index (χ0n) is 12.6. The Balaban J connectivity index is 1.70. The van der Waals surface area contributed by atoms with Crippen molar-refractivity contribution >= 4 is 22.7 Å². The predicted octanol–water partition coefficient (Wildman–Crippen LogP) is 5.20. The summed E-state index contributed by atoms with van der Waals surface area (Å²) in [6, 6.07) is 10.7. The Morgan fingerprint density at radius 3 is 2.65 bits per heavy atom. The Hall–Kier alpha value is -1.82. The highest BCUT2D eigenvalue weighted by atomic mass is 32.1. The number of thiazole rings is 1. The predicted molar refractivity (Wildman–Crippen MR) is 96.1 cm³/mol. The van der Waals surface area contributed by atoms with Gasteiger partial charge in [-0.05, 0) is 35.7 Å². The standard InChI is InChI=1S/C18H17FN2S2/c1-2-9-21(12-17-4-3-10-22-17)11-16-13-23-18(20-16)14-5-7-15(19)8-6-14/h2-8,10,13H,1,9,11-12H2. The van der Waals surface area contributed by atoms with Crippen molar-refractivity contribution in [3.05, 3.63) is 76.2 Å². The van der Waals surface area contributed by atoms with Crippen LogP contribution in [0.5, 0.6) is 0 Å². The first-order chi connectivity index (χ1) is 11.2. The highest BCUT2D eigenvalue weighted by Crippen LogP contribution is 2.25. The van der Waals surface area contributed by atoms with E-state index in [2.05, 4.69) is 39.4 Å². The van der Waals surface area contributed by atoms with Crippen molar-refractivity contribution < 1.29 is 4.39 Å². The largest absolute Gasteiger partial charge is 0.289 e. The molecular formula is C18H17FN2S2. The third-order valence-corrected chi connectivity index (χ3v) is 5.18. The lowest BCUT2D eigenvalue weighted by Gasteiger charge is -2.18. The second-order valence-corrected chi connectivity index (χ2v) is 7.08. The first-order valence-corrected chi connectivity index (χ1v) is 9.06. The monoisotopic (exact) mass is 344 g/mol. The van der Waals surface area contributed by atoms with Crippen LogP contribution in [0.15, 0.2) is 59.8 Å². The minimum absolute atomic E-state index is 0.223. The van der Waals surface area contributed by atoms with Gasteiger partial charge in [-0.3, -0.25) is 4.90 Å². The molecule has 2 aromatic heterocycles. The van der Waals surface area contributed by atoms with Gasteiger partial charge in [-0.25, -0.2) is 9.37 Å². The van der Waals surface area contributed by atoms with E-state index in [9.17, 15) is 4.39 Å². The van der Waals surface area contributed by atoms with Crippen LogP contribution in [0.4, 0.5) is 4.39 Å². The average molecular weight is 344 g/mol. The van der Waals surface area contributed by atoms with Crippen LogP contribution in [0.3, 0.4) is 0 Å². The zero-order valence-corrected chi connectivity index (χ0v) is 14.2. The number of halogens is 1. The van der Waals surface area contributed by atoms with E-state index in [4.69, 9.17) is 0 Å². The minimum atomic E-state index is -0.223. The molecule has 3 aromatic rings. The molecule has 0 saturated carbocycles. The summed E-state index contributed by atoms with van der Waals surface area (Å²) in [6.07, 6.45) is 1.92. The molecule has 118 valence electrons. The molecule has 0 aliphatic heterocycles. The first kappa shape index (κ1) is 16.1. The molecule has 23 heavy (non-hydrogen) atoms. The number of hydrogen-bond acceptors (Lipinski definition) is 4. The van der Waals surface area contributed by atoms with Gasteiger partial charge in [0, 0.05) is 35.5 Å². The maximum absolute atomic E-state index is 13.0. The fourth-order valence-corrected chi connectivity index (χ4v) is 3.89. The highest BCUT2D eigenvalue weighted by molar-refractivity contribution is 7.13. The van der Waals surface area contributed by atoms with Gasteiger partial charge in [0.1, 0.15) is 10.8 Å². The summed E-state index contributed by atoms with van der Waals surface area (Å²) in [7, 11) is 0. The van der Waals surface area contributed by atoms with E-state index >= 15 is 0 Å². The minimum Gasteiger partial charge on any atom is -0.289 e. The number of aromatic nitrogens is 1. The Labute approximate surface area is 143 Å². The van der Waals surface area contributed by atoms with Crippen LogP contribution in [0.2, 0.25) is 0 Å². The third kappa shape index (κ3) is 4.34. The van der Waals surface area contributed by atoms with E-state index in [0.717, 1.165) is 35.9 Å². The number of hydrogen-bond donors (Lipinski definition) is 0. The van der Waals surface area contributed by atoms with Crippen LogP contribution in [0.25, 0.3) is 10.6 Å². The molecule has 2 nitrogen and oxygen atoms in total. The van der Waals surface area contributed by atoms with E-state index in [0.29, 0.717) is 0 Å². The first-order valence-electron chi connectivity index (χ1n) is 7.30. The van der Waals surface area contributed by atoms with Gasteiger partial charge in [0.15, 0.2) is 0 Å². The molecule has 0 aliphatic carbocycles. The molecule has 0 unspecified atom stereocenters. The molecule has 0 bridgehead atoms. The Morgan fingerprint density at radius 1 is 1.13 bits per heavy atom. The fourth-order valence-electron chi connectivity index (χ4n) is 2.32. The number of benzene rings is 1. The van der Waals surface area contributed by atoms with E-state index in [1.165, 1.54) is 17.0 Å². The normalized spacial score (nSPS) is 11.0. The molecule has 5 heteroatoms. The topological polar surface area (TPSA) is 16.1 Å². The van der Waals surface area contributed by atoms with E-state index in [-0.39, 0.29) is 5.82 Å². The molecular weight excluding hydrogens is 327 g/mol. The highest BCUT2D eigenvalue weighted by Gasteiger charge is 2.10. The van der Waals surface area contributed by atoms with Gasteiger partial charge >= 0.3 is 0 Å². The van der Waals surface area contributed by atoms with Gasteiger partial charge in [-0.2, -0.15) is 0 Å². The van der Waals surface area contributed by atoms with Crippen molar-refractivity contribution in [2.24, 2.45) is 0 Å². The molecule has 2 heterocycles. The molecule has 0 amide bonds. The lowest BCUT2D eigenvalue weighted by Crippen LogP contribution is -2.22. The lowest BCUT2D eigenvalue weighted by atomic mass is 10.2. The third-order valence-electron chi connectivity index (χ3n) is 3.38. The number of rotatable bonds is 7. The molecule has 0 saturated heterocycles. The second kappa shape index (κ2) is 7.64. The summed E-state index contributed by atoms with van der Waals surface area (Å²) >= 11 is 3.35. The summed E-state index contributed by atoms with van der Waals surface area (Å²) in [5.41, 5.74) is 1.99. The average Bonchev–Trinajstić information content (AvgIpc) is 3.20. The maximum Gasteiger partial charge on any atom is 0.123 e. The second-order valence-electron chi connectivity index (χ2n) is 5.19. The van der Waals surface area contributed by atoms with Crippen LogP contribution in [0, 0.1) is 5.82 Å². The number of thiophene rings is 1. The van der Waals surface area contributed by atoms with Gasteiger partial charge < -0.3 is 0 Å². The molecule has 0 aliphatic rings. The van der Waals surface area contributed by atoms with Crippen LogP contribution in [-0.4, -0.2) is 16.4 Å². The van der Waals surface area contributed by atoms with Crippen molar-refractivity contribution in [3.63, 3.8) is 0 Å². The van der Waals surface area contributed by atoms with Crippen molar-refractivity contribution in [1.82, 2.24) is 9.88 Å². The molecule has 0 radical (unpaired) electrons. The summed E-state index contributed by atoms with van der Waals surface area (Å²) in [4.78, 5) is 8.33. The zero-order chi connectivity index (χ0) is 16.1. The summed E-state index contributed by atoms with van der Waals surface area (Å²) in [5.74, 6) is -0.223. The van der Waals surface area contributed by atoms with Crippen molar-refractivity contribution in [1.29, 1.82) is 0 Å². The van der Waals surface area contributed by atoms with Gasteiger partial charge in [-0.1, -0.05) is 12.1 Å². The summed E-state index contributed by atoms with van der Waals surface area (Å²) in [5, 5.41) is 5.09. The van der Waals surface area contributed by atoms with Crippen LogP contribution >= 0.6 is 22.7 Å². The Bertz CT molecular complexity index is 748. The van der Waals surface area contributed by atoms with E-state index < -0.39 is 0 Å². The van der Waals surface area contributed by atoms with Crippen LogP contribution in [0.1, 0.15) is 10.6 Å². The maximum atomic E-state index is 13.0. The Morgan fingerprint density at radius 2 is 1.96 bits per heavy atom. The molecule has 0 spiro atoms. The fraction of sp³-hybridized carbons (Fsp3) is 0.167. The Kier molecular flexibility index (Phi) is 5.33. The van der Waals surface area contributed by atoms with Gasteiger partial charge in [0.2, 0.25) is 0 Å². The lowest BCUT2D eigenvalue weighted by molar-refractivity contribution is 0.286. The molecule has 0 fully saturated rings. The molecule has 0 N–H and O–H groups in total. The van der Waals surface area contributed by atoms with E-state index in [1.54, 1.807) is 34.8 Å². The van der Waals surface area contributed by atoms with Crippen molar-refractivity contribution in [3.8, 4) is 10.6 Å². The molecule has 3 rings (SSSR count). The molecule has 1 aromatic carbocycles. The molecule has 0 atom stereocenters. The van der Waals surface area contributed by atoms with Crippen LogP contribution < -0.4 is 0 Å². The summed E-state index contributed by atoms with van der Waals surface area (Å²) in [6.45, 7) is 6.34. The quantitative estimate of drug-likeness (QED) is 0.548. The van der Waals surface area contributed by atoms with Crippen molar-refractivity contribution in [2.45, 2.75) is 13.1 Å². The van der Waals surface area contributed by atoms with E-state index in [1.807, 2.05) is 6.08 Å². The van der Waals surface area contributed by atoms with Gasteiger partial charge in [0.25, 0.3) is 0 Å². The van der Waals surface area contributed by atoms with Crippen molar-refractivity contribution in [2.75, 3.05) is 6.54 Å². The smallest absolute Gasteiger partial charge is 0.123 e. The number of nitrogens with zero attached hydrogens (tertiary/aromatic N) is 2. The van der Waals surface area contributed by atoms with Gasteiger partial charge in [0.05, 0.1) is 5.69 Å². The van der Waals surface area contributed by atoms with Gasteiger partial charge in [-0.15, -0.1) is 29.3 Å².